The van der Waals surface area contributed by atoms with Crippen molar-refractivity contribution in [1.29, 1.82) is 0 Å². The van der Waals surface area contributed by atoms with Crippen LogP contribution >= 0.6 is 0 Å². The maximum atomic E-state index is 12.9. The van der Waals surface area contributed by atoms with E-state index in [9.17, 15) is 14.0 Å². The van der Waals surface area contributed by atoms with Crippen molar-refractivity contribution in [1.82, 2.24) is 5.32 Å². The number of amides is 1. The van der Waals surface area contributed by atoms with Gasteiger partial charge in [0.25, 0.3) is 0 Å². The van der Waals surface area contributed by atoms with Crippen molar-refractivity contribution >= 4 is 11.9 Å². The van der Waals surface area contributed by atoms with Crippen molar-refractivity contribution in [3.8, 4) is 0 Å². The third-order valence-corrected chi connectivity index (χ3v) is 1.67. The number of nitrogens with two attached hydrogens (primary N) is 1. The van der Waals surface area contributed by atoms with Crippen LogP contribution in [0, 0.1) is 0 Å². The van der Waals surface area contributed by atoms with Gasteiger partial charge < -0.3 is 16.2 Å². The minimum Gasteiger partial charge on any atom is -0.480 e. The Morgan fingerprint density at radius 1 is 1.60 bits per heavy atom. The highest BCUT2D eigenvalue weighted by molar-refractivity contribution is 5.73. The number of carboxylic acid groups (broad SMARTS) is 1. The number of halogens is 1. The lowest BCUT2D eigenvalue weighted by Gasteiger charge is -2.03. The van der Waals surface area contributed by atoms with Gasteiger partial charge in [0.1, 0.15) is 11.9 Å². The first-order valence-corrected chi connectivity index (χ1v) is 4.51. The van der Waals surface area contributed by atoms with E-state index in [0.29, 0.717) is 0 Å². The Bertz CT molecular complexity index is 266. The van der Waals surface area contributed by atoms with Crippen LogP contribution in [0.3, 0.4) is 0 Å². The molecule has 5 nitrogen and oxygen atoms in total. The fourth-order valence-electron chi connectivity index (χ4n) is 0.824. The summed E-state index contributed by atoms with van der Waals surface area (Å²) in [6.07, 6.45) is 1.63. The predicted molar refractivity (Wildman–Crippen MR) is 52.7 cm³/mol. The van der Waals surface area contributed by atoms with Gasteiger partial charge >= 0.3 is 5.97 Å². The highest BCUT2D eigenvalue weighted by Crippen LogP contribution is 2.01. The number of carbonyl (C=O) groups is 2. The number of carboxylic acids is 1. The Labute approximate surface area is 87.1 Å². The third-order valence-electron chi connectivity index (χ3n) is 1.67. The average Bonchev–Trinajstić information content (AvgIpc) is 2.14. The average molecular weight is 218 g/mol. The third kappa shape index (κ3) is 7.63. The van der Waals surface area contributed by atoms with Crippen LogP contribution in [0.4, 0.5) is 4.39 Å². The molecule has 15 heavy (non-hydrogen) atoms. The Balaban J connectivity index is 3.76. The van der Waals surface area contributed by atoms with E-state index in [0.717, 1.165) is 0 Å². The summed E-state index contributed by atoms with van der Waals surface area (Å²) in [6, 6.07) is -0.977. The molecule has 0 bridgehead atoms. The number of carbonyl (C=O) groups excluding carboxylic acids is 1. The van der Waals surface area contributed by atoms with E-state index >= 15 is 0 Å². The lowest BCUT2D eigenvalue weighted by molar-refractivity contribution is -0.138. The topological polar surface area (TPSA) is 92.4 Å². The van der Waals surface area contributed by atoms with E-state index in [2.05, 4.69) is 5.32 Å². The molecule has 0 aliphatic carbocycles. The standard InChI is InChI=1S/C9H15FN2O3/c1-6(13)12-5-7(10)3-2-4-8(11)9(14)15/h3,8H,2,4-5,11H2,1H3,(H,12,13)(H,14,15)/t8-/m0/s1. The zero-order valence-corrected chi connectivity index (χ0v) is 8.50. The van der Waals surface area contributed by atoms with Crippen molar-refractivity contribution in [3.05, 3.63) is 11.9 Å². The van der Waals surface area contributed by atoms with Crippen LogP contribution in [-0.4, -0.2) is 29.6 Å². The summed E-state index contributed by atoms with van der Waals surface area (Å²) in [4.78, 5) is 20.7. The summed E-state index contributed by atoms with van der Waals surface area (Å²) in [5.74, 6) is -1.92. The van der Waals surface area contributed by atoms with Crippen molar-refractivity contribution in [3.63, 3.8) is 0 Å². The summed E-state index contributed by atoms with van der Waals surface area (Å²) in [5.41, 5.74) is 5.20. The van der Waals surface area contributed by atoms with Crippen LogP contribution in [0.25, 0.3) is 0 Å². The Hall–Kier alpha value is -1.43. The van der Waals surface area contributed by atoms with E-state index in [-0.39, 0.29) is 25.3 Å². The van der Waals surface area contributed by atoms with Gasteiger partial charge in [-0.25, -0.2) is 4.39 Å². The van der Waals surface area contributed by atoms with Crippen molar-refractivity contribution in [2.45, 2.75) is 25.8 Å². The SMILES string of the molecule is CC(=O)NCC(F)=CCC[C@H](N)C(=O)O. The molecule has 0 saturated carbocycles. The molecule has 0 saturated heterocycles. The minimum atomic E-state index is -1.11. The van der Waals surface area contributed by atoms with Crippen molar-refractivity contribution in [2.75, 3.05) is 6.54 Å². The quantitative estimate of drug-likeness (QED) is 0.592. The maximum absolute atomic E-state index is 12.9. The largest absolute Gasteiger partial charge is 0.480 e. The van der Waals surface area contributed by atoms with Crippen LogP contribution in [-0.2, 0) is 9.59 Å². The maximum Gasteiger partial charge on any atom is 0.320 e. The molecule has 6 heteroatoms. The van der Waals surface area contributed by atoms with Crippen LogP contribution in [0.2, 0.25) is 0 Å². The number of aliphatic carboxylic acids is 1. The molecule has 0 aromatic heterocycles. The highest BCUT2D eigenvalue weighted by Gasteiger charge is 2.09. The predicted octanol–water partition coefficient (Wildman–Crippen LogP) is 0.168. The Kier molecular flexibility index (Phi) is 6.28. The number of hydrogen-bond acceptors (Lipinski definition) is 3. The normalized spacial score (nSPS) is 13.4. The smallest absolute Gasteiger partial charge is 0.320 e. The summed E-state index contributed by atoms with van der Waals surface area (Å²) in [7, 11) is 0. The molecule has 0 fully saturated rings. The van der Waals surface area contributed by atoms with Gasteiger partial charge in [-0.15, -0.1) is 0 Å². The number of hydrogen-bond donors (Lipinski definition) is 3. The molecule has 0 rings (SSSR count). The monoisotopic (exact) mass is 218 g/mol. The zero-order valence-electron chi connectivity index (χ0n) is 8.50. The van der Waals surface area contributed by atoms with Gasteiger partial charge in [-0.3, -0.25) is 9.59 Å². The zero-order chi connectivity index (χ0) is 11.8. The summed E-state index contributed by atoms with van der Waals surface area (Å²) < 4.78 is 12.9. The second kappa shape index (κ2) is 6.94. The first kappa shape index (κ1) is 13.6. The fourth-order valence-corrected chi connectivity index (χ4v) is 0.824. The van der Waals surface area contributed by atoms with E-state index in [1.165, 1.54) is 13.0 Å². The summed E-state index contributed by atoms with van der Waals surface area (Å²) >= 11 is 0. The lowest BCUT2D eigenvalue weighted by Crippen LogP contribution is -2.29. The molecular formula is C9H15FN2O3. The Morgan fingerprint density at radius 2 is 2.20 bits per heavy atom. The summed E-state index contributed by atoms with van der Waals surface area (Å²) in [5, 5.41) is 10.7. The lowest BCUT2D eigenvalue weighted by atomic mass is 10.1. The minimum absolute atomic E-state index is 0.169. The second-order valence-electron chi connectivity index (χ2n) is 3.08. The highest BCUT2D eigenvalue weighted by atomic mass is 19.1. The number of allylic oxidation sites excluding steroid dienone is 1. The van der Waals surface area contributed by atoms with Gasteiger partial charge in [-0.2, -0.15) is 0 Å². The molecule has 0 aliphatic heterocycles. The molecule has 1 amide bonds. The molecule has 0 aromatic rings. The fraction of sp³-hybridized carbons (Fsp3) is 0.556. The molecule has 0 unspecified atom stereocenters. The van der Waals surface area contributed by atoms with E-state index in [1.54, 1.807) is 0 Å². The molecule has 0 aromatic carbocycles. The Morgan fingerprint density at radius 3 is 2.67 bits per heavy atom. The van der Waals surface area contributed by atoms with Crippen LogP contribution < -0.4 is 11.1 Å². The van der Waals surface area contributed by atoms with Crippen molar-refractivity contribution in [2.24, 2.45) is 5.73 Å². The molecule has 0 heterocycles. The van der Waals surface area contributed by atoms with E-state index < -0.39 is 17.8 Å². The summed E-state index contributed by atoms with van der Waals surface area (Å²) in [6.45, 7) is 1.12. The van der Waals surface area contributed by atoms with E-state index in [4.69, 9.17) is 10.8 Å². The number of nitrogens with one attached hydrogen (secondary N) is 1. The van der Waals surface area contributed by atoms with Gasteiger partial charge in [0, 0.05) is 6.92 Å². The van der Waals surface area contributed by atoms with Crippen LogP contribution in [0.5, 0.6) is 0 Å². The molecule has 0 spiro atoms. The van der Waals surface area contributed by atoms with Gasteiger partial charge in [-0.05, 0) is 12.8 Å². The molecule has 0 radical (unpaired) electrons. The molecule has 4 N–H and O–H groups in total. The van der Waals surface area contributed by atoms with Gasteiger partial charge in [0.2, 0.25) is 5.91 Å². The molecular weight excluding hydrogens is 203 g/mol. The first-order chi connectivity index (χ1) is 6.93. The van der Waals surface area contributed by atoms with Crippen LogP contribution in [0.1, 0.15) is 19.8 Å². The first-order valence-electron chi connectivity index (χ1n) is 4.51. The van der Waals surface area contributed by atoms with E-state index in [1.807, 2.05) is 0 Å². The van der Waals surface area contributed by atoms with Gasteiger partial charge in [0.15, 0.2) is 0 Å². The van der Waals surface area contributed by atoms with Crippen molar-refractivity contribution < 1.29 is 19.1 Å². The molecule has 0 aliphatic rings. The van der Waals surface area contributed by atoms with Gasteiger partial charge in [0.05, 0.1) is 6.54 Å². The van der Waals surface area contributed by atoms with Crippen LogP contribution in [0.15, 0.2) is 11.9 Å². The molecule has 86 valence electrons. The second-order valence-corrected chi connectivity index (χ2v) is 3.08. The number of rotatable bonds is 6. The molecule has 1 atom stereocenters. The van der Waals surface area contributed by atoms with Gasteiger partial charge in [-0.1, -0.05) is 6.08 Å².